The first-order valence-electron chi connectivity index (χ1n) is 15.3. The molecule has 3 N–H and O–H groups in total. The van der Waals surface area contributed by atoms with Gasteiger partial charge in [-0.15, -0.1) is 0 Å². The van der Waals surface area contributed by atoms with E-state index in [4.69, 9.17) is 24.3 Å². The Hall–Kier alpha value is -5.93. The summed E-state index contributed by atoms with van der Waals surface area (Å²) < 4.78 is 17.4. The number of carbonyl (C=O) groups is 7. The van der Waals surface area contributed by atoms with E-state index < -0.39 is 54.5 Å². The molecule has 0 bridgehead atoms. The number of hydrogen-bond acceptors (Lipinski definition) is 12. The van der Waals surface area contributed by atoms with Crippen LogP contribution in [0.2, 0.25) is 0 Å². The average Bonchev–Trinajstić information content (AvgIpc) is 3.44. The van der Waals surface area contributed by atoms with Crippen LogP contribution in [0.15, 0.2) is 29.1 Å². The van der Waals surface area contributed by atoms with Crippen LogP contribution >= 0.6 is 0 Å². The van der Waals surface area contributed by atoms with Crippen molar-refractivity contribution in [3.63, 3.8) is 0 Å². The molecule has 0 spiro atoms. The van der Waals surface area contributed by atoms with Gasteiger partial charge in [0.05, 0.1) is 48.4 Å². The lowest BCUT2D eigenvalue weighted by molar-refractivity contribution is -0.150. The number of rotatable bonds is 17. The van der Waals surface area contributed by atoms with Crippen molar-refractivity contribution in [2.24, 2.45) is 0 Å². The van der Waals surface area contributed by atoms with Crippen molar-refractivity contribution in [2.75, 3.05) is 13.1 Å². The van der Waals surface area contributed by atoms with Crippen molar-refractivity contribution < 1.29 is 52.9 Å². The number of nitrogens with zero attached hydrogens (tertiary/aromatic N) is 2. The van der Waals surface area contributed by atoms with Gasteiger partial charge < -0.3 is 39.3 Å². The molecule has 49 heavy (non-hydrogen) atoms. The number of pyridine rings is 2. The highest BCUT2D eigenvalue weighted by molar-refractivity contribution is 5.90. The molecular weight excluding hydrogens is 644 g/mol. The topological polar surface area (TPSA) is 226 Å². The molecule has 16 nitrogen and oxygen atoms in total. The predicted molar refractivity (Wildman–Crippen MR) is 169 cm³/mol. The van der Waals surface area contributed by atoms with E-state index in [0.717, 1.165) is 11.1 Å². The van der Waals surface area contributed by atoms with Crippen LogP contribution in [0, 0.1) is 0 Å². The van der Waals surface area contributed by atoms with E-state index in [0.29, 0.717) is 35.0 Å². The number of carboxylic acids is 1. The average molecular weight is 679 g/mol. The van der Waals surface area contributed by atoms with Crippen LogP contribution in [0.3, 0.4) is 0 Å². The number of carboxylic acid groups (broad SMARTS) is 1. The molecule has 2 aromatic heterocycles. The Morgan fingerprint density at radius 3 is 2.39 bits per heavy atom. The number of aryl methyl sites for hydroxylation is 1. The minimum atomic E-state index is -1.23. The standard InChI is InChI=1S/C33H34N4O12/c1-3-20-22-12-19(49-31(45)9-6-27(40)34-10-11-38)4-5-25(22)36-32-23(20)15-37-26(32)13-21(24(33(37)46)16-47-17-39)18(2)48-30(44)8-7-28(41)35-14-29(42)43/h4-5,11-13,17-18H,3,6-10,14-16H2,1-2H3,(H,34,40)(H,35,41)(H,42,43). The summed E-state index contributed by atoms with van der Waals surface area (Å²) >= 11 is 0. The van der Waals surface area contributed by atoms with E-state index in [1.807, 2.05) is 6.92 Å². The Balaban J connectivity index is 1.62. The van der Waals surface area contributed by atoms with E-state index in [1.165, 1.54) is 11.5 Å². The zero-order valence-corrected chi connectivity index (χ0v) is 26.7. The minimum Gasteiger partial charge on any atom is -0.480 e. The van der Waals surface area contributed by atoms with Crippen LogP contribution in [0.5, 0.6) is 5.75 Å². The molecule has 0 saturated carbocycles. The maximum atomic E-state index is 13.8. The number of nitrogens with one attached hydrogen (secondary N) is 2. The van der Waals surface area contributed by atoms with Crippen LogP contribution in [-0.2, 0) is 62.6 Å². The summed E-state index contributed by atoms with van der Waals surface area (Å²) in [6.07, 6.45) is -0.924. The van der Waals surface area contributed by atoms with Crippen LogP contribution in [-0.4, -0.2) is 70.2 Å². The monoisotopic (exact) mass is 678 g/mol. The molecule has 258 valence electrons. The van der Waals surface area contributed by atoms with Crippen molar-refractivity contribution in [1.82, 2.24) is 20.2 Å². The molecule has 2 amide bonds. The zero-order valence-electron chi connectivity index (χ0n) is 26.7. The SMILES string of the molecule is CCc1c2c(nc3ccc(OC(=O)CCC(=O)NCC=O)cc13)-c1cc(C(C)OC(=O)CCC(=O)NCC(=O)O)c(COC=O)c(=O)n1C2. The maximum absolute atomic E-state index is 13.8. The molecular formula is C33H34N4O12. The summed E-state index contributed by atoms with van der Waals surface area (Å²) in [4.78, 5) is 99.3. The van der Waals surface area contributed by atoms with Gasteiger partial charge in [-0.05, 0) is 43.2 Å². The second-order valence-corrected chi connectivity index (χ2v) is 11.0. The molecule has 0 aliphatic carbocycles. The van der Waals surface area contributed by atoms with Crippen LogP contribution in [0.1, 0.15) is 67.9 Å². The summed E-state index contributed by atoms with van der Waals surface area (Å²) in [5.41, 5.74) is 2.99. The van der Waals surface area contributed by atoms with Gasteiger partial charge in [-0.1, -0.05) is 6.92 Å². The predicted octanol–water partition coefficient (Wildman–Crippen LogP) is 1.25. The largest absolute Gasteiger partial charge is 0.480 e. The summed E-state index contributed by atoms with van der Waals surface area (Å²) in [6.45, 7) is 2.66. The van der Waals surface area contributed by atoms with Gasteiger partial charge in [0.2, 0.25) is 11.8 Å². The lowest BCUT2D eigenvalue weighted by atomic mass is 9.98. The molecule has 1 aliphatic heterocycles. The number of aldehydes is 1. The lowest BCUT2D eigenvalue weighted by Crippen LogP contribution is -2.29. The molecule has 0 saturated heterocycles. The maximum Gasteiger partial charge on any atom is 0.322 e. The molecule has 3 heterocycles. The Morgan fingerprint density at radius 2 is 1.71 bits per heavy atom. The lowest BCUT2D eigenvalue weighted by Gasteiger charge is -2.19. The van der Waals surface area contributed by atoms with E-state index in [-0.39, 0.29) is 62.1 Å². The molecule has 1 aliphatic rings. The first kappa shape index (κ1) is 35.9. The second-order valence-electron chi connectivity index (χ2n) is 11.0. The van der Waals surface area contributed by atoms with Crippen LogP contribution in [0.25, 0.3) is 22.3 Å². The smallest absolute Gasteiger partial charge is 0.322 e. The van der Waals surface area contributed by atoms with Gasteiger partial charge in [-0.2, -0.15) is 0 Å². The van der Waals surface area contributed by atoms with Gasteiger partial charge in [0.25, 0.3) is 12.0 Å². The van der Waals surface area contributed by atoms with Gasteiger partial charge >= 0.3 is 17.9 Å². The number of amides is 2. The molecule has 1 atom stereocenters. The molecule has 0 radical (unpaired) electrons. The Bertz CT molecular complexity index is 1880. The molecule has 0 fully saturated rings. The van der Waals surface area contributed by atoms with E-state index in [2.05, 4.69) is 10.6 Å². The van der Waals surface area contributed by atoms with Crippen molar-refractivity contribution >= 4 is 53.4 Å². The third-order valence-electron chi connectivity index (χ3n) is 7.73. The fourth-order valence-corrected chi connectivity index (χ4v) is 5.48. The van der Waals surface area contributed by atoms with Gasteiger partial charge in [0.15, 0.2) is 0 Å². The first-order valence-corrected chi connectivity index (χ1v) is 15.3. The first-order chi connectivity index (χ1) is 23.5. The van der Waals surface area contributed by atoms with Crippen molar-refractivity contribution in [3.05, 3.63) is 56.9 Å². The highest BCUT2D eigenvalue weighted by Crippen LogP contribution is 2.38. The number of aliphatic carboxylic acids is 1. The summed E-state index contributed by atoms with van der Waals surface area (Å²) in [5.74, 6) is -3.50. The second kappa shape index (κ2) is 16.3. The number of aromatic nitrogens is 2. The van der Waals surface area contributed by atoms with E-state index in [1.54, 1.807) is 24.3 Å². The van der Waals surface area contributed by atoms with Crippen LogP contribution < -0.4 is 20.9 Å². The van der Waals surface area contributed by atoms with Gasteiger partial charge in [-0.25, -0.2) is 4.98 Å². The normalized spacial score (nSPS) is 11.9. The van der Waals surface area contributed by atoms with Gasteiger partial charge in [0, 0.05) is 29.4 Å². The van der Waals surface area contributed by atoms with E-state index in [9.17, 15) is 38.4 Å². The Morgan fingerprint density at radius 1 is 1.00 bits per heavy atom. The number of carbonyl (C=O) groups excluding carboxylic acids is 6. The highest BCUT2D eigenvalue weighted by Gasteiger charge is 2.30. The Kier molecular flexibility index (Phi) is 11.9. The number of fused-ring (bicyclic) bond motifs is 4. The summed E-state index contributed by atoms with van der Waals surface area (Å²) in [5, 5.41) is 13.9. The third-order valence-corrected chi connectivity index (χ3v) is 7.73. The van der Waals surface area contributed by atoms with Crippen molar-refractivity contribution in [3.8, 4) is 17.1 Å². The zero-order chi connectivity index (χ0) is 35.7. The number of hydrogen-bond donors (Lipinski definition) is 3. The van der Waals surface area contributed by atoms with Crippen LogP contribution in [0.4, 0.5) is 0 Å². The van der Waals surface area contributed by atoms with Gasteiger partial charge in [0.1, 0.15) is 31.3 Å². The van der Waals surface area contributed by atoms with E-state index >= 15 is 0 Å². The fraction of sp³-hybridized carbons (Fsp3) is 0.364. The van der Waals surface area contributed by atoms with Gasteiger partial charge in [-0.3, -0.25) is 33.6 Å². The Labute approximate surface area is 278 Å². The molecule has 4 rings (SSSR count). The summed E-state index contributed by atoms with van der Waals surface area (Å²) in [6, 6.07) is 6.53. The summed E-state index contributed by atoms with van der Waals surface area (Å²) in [7, 11) is 0. The third kappa shape index (κ3) is 8.71. The quantitative estimate of drug-likeness (QED) is 0.0813. The van der Waals surface area contributed by atoms with Crippen molar-refractivity contribution in [2.45, 2.75) is 65.2 Å². The molecule has 1 aromatic carbocycles. The molecule has 16 heteroatoms. The fourth-order valence-electron chi connectivity index (χ4n) is 5.48. The minimum absolute atomic E-state index is 0.0831. The molecule has 3 aromatic rings. The molecule has 1 unspecified atom stereocenters. The number of benzene rings is 1. The number of ether oxygens (including phenoxy) is 3. The highest BCUT2D eigenvalue weighted by atomic mass is 16.5. The van der Waals surface area contributed by atoms with Crippen molar-refractivity contribution in [1.29, 1.82) is 0 Å². The number of esters is 2.